The van der Waals surface area contributed by atoms with Gasteiger partial charge in [0.25, 0.3) is 5.91 Å². The number of fused-ring (bicyclic) bond motifs is 3. The molecule has 6 nitrogen and oxygen atoms in total. The molecule has 6 heteroatoms. The lowest BCUT2D eigenvalue weighted by Gasteiger charge is -2.05. The van der Waals surface area contributed by atoms with Crippen LogP contribution in [0.4, 0.5) is 0 Å². The summed E-state index contributed by atoms with van der Waals surface area (Å²) in [5.74, 6) is -0.197. The van der Waals surface area contributed by atoms with Gasteiger partial charge in [-0.15, -0.1) is 0 Å². The fraction of sp³-hybridized carbons (Fsp3) is 0.0526. The third kappa shape index (κ3) is 2.97. The Bertz CT molecular complexity index is 1020. The molecule has 122 valence electrons. The van der Waals surface area contributed by atoms with Crippen molar-refractivity contribution < 1.29 is 4.79 Å². The van der Waals surface area contributed by atoms with E-state index in [1.807, 2.05) is 47.0 Å². The molecule has 1 N–H and O–H groups in total. The molecule has 0 atom stereocenters. The molecule has 0 fully saturated rings. The molecule has 1 aromatic carbocycles. The Morgan fingerprint density at radius 3 is 2.64 bits per heavy atom. The number of nitrogens with zero attached hydrogens (tertiary/aromatic N) is 4. The number of amides is 1. The van der Waals surface area contributed by atoms with Gasteiger partial charge < -0.3 is 4.57 Å². The van der Waals surface area contributed by atoms with Crippen molar-refractivity contribution in [3.05, 3.63) is 72.8 Å². The number of aromatic nitrogens is 3. The van der Waals surface area contributed by atoms with Gasteiger partial charge in [-0.25, -0.2) is 5.43 Å². The first-order chi connectivity index (χ1) is 12.3. The van der Waals surface area contributed by atoms with Gasteiger partial charge in [-0.05, 0) is 29.8 Å². The van der Waals surface area contributed by atoms with Crippen LogP contribution in [0.3, 0.4) is 0 Å². The second-order valence-corrected chi connectivity index (χ2v) is 5.57. The van der Waals surface area contributed by atoms with Gasteiger partial charge in [-0.3, -0.25) is 14.8 Å². The van der Waals surface area contributed by atoms with Gasteiger partial charge in [-0.1, -0.05) is 18.2 Å². The lowest BCUT2D eigenvalue weighted by atomic mass is 10.2. The van der Waals surface area contributed by atoms with Gasteiger partial charge in [0.15, 0.2) is 0 Å². The lowest BCUT2D eigenvalue weighted by Crippen LogP contribution is -2.23. The first-order valence-electron chi connectivity index (χ1n) is 7.86. The molecule has 0 aliphatic rings. The molecule has 1 amide bonds. The summed E-state index contributed by atoms with van der Waals surface area (Å²) in [5.41, 5.74) is 5.37. The number of nitrogens with one attached hydrogen (secondary N) is 1. The summed E-state index contributed by atoms with van der Waals surface area (Å²) in [5, 5.41) is 6.19. The lowest BCUT2D eigenvalue weighted by molar-refractivity contribution is -0.121. The number of hydrazone groups is 1. The molecular formula is C19H15N5O. The van der Waals surface area contributed by atoms with Crippen LogP contribution in [0.5, 0.6) is 0 Å². The highest BCUT2D eigenvalue weighted by Crippen LogP contribution is 2.27. The fourth-order valence-corrected chi connectivity index (χ4v) is 2.87. The minimum Gasteiger partial charge on any atom is -0.330 e. The van der Waals surface area contributed by atoms with Gasteiger partial charge in [0.1, 0.15) is 6.54 Å². The Morgan fingerprint density at radius 1 is 1.00 bits per heavy atom. The number of carbonyl (C=O) groups excluding carboxylic acids is 1. The van der Waals surface area contributed by atoms with Crippen LogP contribution in [0.2, 0.25) is 0 Å². The Morgan fingerprint density at radius 2 is 1.76 bits per heavy atom. The Labute approximate surface area is 143 Å². The maximum atomic E-state index is 12.3. The van der Waals surface area contributed by atoms with Crippen LogP contribution in [-0.4, -0.2) is 26.7 Å². The molecule has 3 heterocycles. The second-order valence-electron chi connectivity index (χ2n) is 5.57. The smallest absolute Gasteiger partial charge is 0.260 e. The molecule has 0 spiro atoms. The zero-order valence-electron chi connectivity index (χ0n) is 13.3. The summed E-state index contributed by atoms with van der Waals surface area (Å²) in [6, 6.07) is 13.6. The molecule has 0 aliphatic carbocycles. The Hall–Kier alpha value is -3.54. The quantitative estimate of drug-likeness (QED) is 0.462. The van der Waals surface area contributed by atoms with Crippen molar-refractivity contribution in [2.24, 2.45) is 5.10 Å². The number of para-hydroxylation sites is 1. The molecule has 0 unspecified atom stereocenters. The van der Waals surface area contributed by atoms with E-state index < -0.39 is 0 Å². The number of carbonyl (C=O) groups is 1. The Kier molecular flexibility index (Phi) is 3.92. The molecule has 0 saturated heterocycles. The molecule has 0 bridgehead atoms. The van der Waals surface area contributed by atoms with E-state index in [1.54, 1.807) is 31.0 Å². The van der Waals surface area contributed by atoms with Gasteiger partial charge >= 0.3 is 0 Å². The van der Waals surface area contributed by atoms with Crippen molar-refractivity contribution >= 4 is 33.9 Å². The highest BCUT2D eigenvalue weighted by molar-refractivity contribution is 6.08. The molecule has 4 aromatic rings. The summed E-state index contributed by atoms with van der Waals surface area (Å²) in [4.78, 5) is 20.4. The van der Waals surface area contributed by atoms with Crippen LogP contribution in [0.25, 0.3) is 21.8 Å². The average molecular weight is 329 g/mol. The van der Waals surface area contributed by atoms with E-state index in [2.05, 4.69) is 20.5 Å². The number of benzene rings is 1. The summed E-state index contributed by atoms with van der Waals surface area (Å²) < 4.78 is 1.95. The van der Waals surface area contributed by atoms with E-state index in [-0.39, 0.29) is 12.5 Å². The van der Waals surface area contributed by atoms with E-state index in [4.69, 9.17) is 0 Å². The third-order valence-electron chi connectivity index (χ3n) is 3.99. The van der Waals surface area contributed by atoms with E-state index in [0.717, 1.165) is 27.4 Å². The number of pyridine rings is 2. The standard InChI is InChI=1S/C19H15N5O/c25-19(23-22-11-14-5-8-20-9-6-14)13-24-17-4-2-1-3-15(17)16-7-10-21-12-18(16)24/h1-12H,13H2,(H,23,25)/b22-11+. The van der Waals surface area contributed by atoms with Crippen LogP contribution >= 0.6 is 0 Å². The van der Waals surface area contributed by atoms with Crippen molar-refractivity contribution in [3.8, 4) is 0 Å². The molecular weight excluding hydrogens is 314 g/mol. The monoisotopic (exact) mass is 329 g/mol. The summed E-state index contributed by atoms with van der Waals surface area (Å²) in [6.07, 6.45) is 8.48. The largest absolute Gasteiger partial charge is 0.330 e. The van der Waals surface area contributed by atoms with Crippen molar-refractivity contribution in [2.45, 2.75) is 6.54 Å². The zero-order valence-corrected chi connectivity index (χ0v) is 13.3. The first kappa shape index (κ1) is 15.0. The fourth-order valence-electron chi connectivity index (χ4n) is 2.87. The van der Waals surface area contributed by atoms with Crippen molar-refractivity contribution in [1.29, 1.82) is 0 Å². The maximum Gasteiger partial charge on any atom is 0.260 e. The van der Waals surface area contributed by atoms with E-state index >= 15 is 0 Å². The predicted molar refractivity (Wildman–Crippen MR) is 97.2 cm³/mol. The molecule has 4 rings (SSSR count). The van der Waals surface area contributed by atoms with Crippen molar-refractivity contribution in [1.82, 2.24) is 20.0 Å². The summed E-state index contributed by atoms with van der Waals surface area (Å²) in [7, 11) is 0. The summed E-state index contributed by atoms with van der Waals surface area (Å²) >= 11 is 0. The molecule has 0 radical (unpaired) electrons. The third-order valence-corrected chi connectivity index (χ3v) is 3.99. The van der Waals surface area contributed by atoms with Gasteiger partial charge in [0, 0.05) is 34.9 Å². The SMILES string of the molecule is O=C(Cn1c2ccccc2c2ccncc21)N/N=C/c1ccncc1. The maximum absolute atomic E-state index is 12.3. The predicted octanol–water partition coefficient (Wildman–Crippen LogP) is 2.73. The van der Waals surface area contributed by atoms with Crippen LogP contribution < -0.4 is 5.43 Å². The van der Waals surface area contributed by atoms with E-state index in [0.29, 0.717) is 0 Å². The highest BCUT2D eigenvalue weighted by Gasteiger charge is 2.12. The van der Waals surface area contributed by atoms with Crippen molar-refractivity contribution in [2.75, 3.05) is 0 Å². The van der Waals surface area contributed by atoms with Gasteiger partial charge in [-0.2, -0.15) is 5.10 Å². The van der Waals surface area contributed by atoms with Crippen LogP contribution in [-0.2, 0) is 11.3 Å². The van der Waals surface area contributed by atoms with Crippen LogP contribution in [0.1, 0.15) is 5.56 Å². The highest BCUT2D eigenvalue weighted by atomic mass is 16.2. The van der Waals surface area contributed by atoms with Crippen molar-refractivity contribution in [3.63, 3.8) is 0 Å². The number of hydrogen-bond donors (Lipinski definition) is 1. The Balaban J connectivity index is 1.59. The average Bonchev–Trinajstić information content (AvgIpc) is 2.97. The molecule has 0 saturated carbocycles. The number of rotatable bonds is 4. The zero-order chi connectivity index (χ0) is 17.1. The second kappa shape index (κ2) is 6.52. The molecule has 3 aromatic heterocycles. The van der Waals surface area contributed by atoms with Gasteiger partial charge in [0.05, 0.1) is 17.9 Å². The van der Waals surface area contributed by atoms with Gasteiger partial charge in [0.2, 0.25) is 0 Å². The number of hydrogen-bond acceptors (Lipinski definition) is 4. The van der Waals surface area contributed by atoms with Crippen LogP contribution in [0.15, 0.2) is 72.4 Å². The van der Waals surface area contributed by atoms with E-state index in [9.17, 15) is 4.79 Å². The molecule has 25 heavy (non-hydrogen) atoms. The molecule has 0 aliphatic heterocycles. The summed E-state index contributed by atoms with van der Waals surface area (Å²) in [6.45, 7) is 0.170. The normalized spacial score (nSPS) is 11.4. The topological polar surface area (TPSA) is 72.2 Å². The minimum absolute atomic E-state index is 0.170. The van der Waals surface area contributed by atoms with E-state index in [1.165, 1.54) is 0 Å². The van der Waals surface area contributed by atoms with Crippen LogP contribution in [0, 0.1) is 0 Å². The minimum atomic E-state index is -0.197. The first-order valence-corrected chi connectivity index (χ1v) is 7.86.